The molecule has 106 valence electrons. The van der Waals surface area contributed by atoms with E-state index < -0.39 is 0 Å². The zero-order valence-electron chi connectivity index (χ0n) is 12.0. The van der Waals surface area contributed by atoms with Crippen molar-refractivity contribution in [3.8, 4) is 5.75 Å². The number of hydrogen-bond acceptors (Lipinski definition) is 4. The molecule has 0 amide bonds. The lowest BCUT2D eigenvalue weighted by Gasteiger charge is -2.11. The van der Waals surface area contributed by atoms with E-state index in [-0.39, 0.29) is 0 Å². The van der Waals surface area contributed by atoms with E-state index in [1.165, 1.54) is 11.1 Å². The molecule has 0 saturated carbocycles. The first kappa shape index (κ1) is 14.3. The summed E-state index contributed by atoms with van der Waals surface area (Å²) in [4.78, 5) is 4.22. The number of anilines is 1. The van der Waals surface area contributed by atoms with Crippen LogP contribution < -0.4 is 15.8 Å². The highest BCUT2D eigenvalue weighted by molar-refractivity contribution is 5.56. The average molecular weight is 271 g/mol. The minimum atomic E-state index is 0.686. The molecule has 0 fully saturated rings. The Balaban J connectivity index is 2.02. The lowest BCUT2D eigenvalue weighted by atomic mass is 10.1. The molecule has 4 heteroatoms. The number of benzene rings is 1. The minimum Gasteiger partial charge on any atom is -0.493 e. The number of aromatic nitrogens is 1. The van der Waals surface area contributed by atoms with E-state index in [9.17, 15) is 0 Å². The summed E-state index contributed by atoms with van der Waals surface area (Å²) >= 11 is 0. The van der Waals surface area contributed by atoms with Gasteiger partial charge in [-0.2, -0.15) is 0 Å². The van der Waals surface area contributed by atoms with E-state index in [4.69, 9.17) is 10.5 Å². The largest absolute Gasteiger partial charge is 0.493 e. The van der Waals surface area contributed by atoms with Gasteiger partial charge in [-0.15, -0.1) is 0 Å². The average Bonchev–Trinajstić information content (AvgIpc) is 2.47. The summed E-state index contributed by atoms with van der Waals surface area (Å²) in [6.07, 6.45) is 2.66. The normalized spacial score (nSPS) is 10.3. The molecule has 0 aliphatic rings. The Bertz CT molecular complexity index is 552. The molecule has 0 bridgehead atoms. The highest BCUT2D eigenvalue weighted by Crippen LogP contribution is 2.24. The van der Waals surface area contributed by atoms with Crippen molar-refractivity contribution in [2.24, 2.45) is 5.73 Å². The number of rotatable bonds is 6. The van der Waals surface area contributed by atoms with Gasteiger partial charge in [0.2, 0.25) is 0 Å². The van der Waals surface area contributed by atoms with Crippen LogP contribution in [0.5, 0.6) is 5.75 Å². The summed E-state index contributed by atoms with van der Waals surface area (Å²) in [6, 6.07) is 10.5. The molecular weight excluding hydrogens is 250 g/mol. The summed E-state index contributed by atoms with van der Waals surface area (Å²) in [5.41, 5.74) is 9.97. The third-order valence-electron chi connectivity index (χ3n) is 3.16. The van der Waals surface area contributed by atoms with Crippen molar-refractivity contribution in [2.75, 3.05) is 19.0 Å². The maximum absolute atomic E-state index is 5.55. The first-order valence-corrected chi connectivity index (χ1v) is 6.75. The lowest BCUT2D eigenvalue weighted by molar-refractivity contribution is 0.414. The smallest absolute Gasteiger partial charge is 0.160 e. The second kappa shape index (κ2) is 6.91. The molecule has 0 unspecified atom stereocenters. The third-order valence-corrected chi connectivity index (χ3v) is 3.16. The first-order chi connectivity index (χ1) is 9.72. The number of aryl methyl sites for hydroxylation is 1. The number of nitrogens with one attached hydrogen (secondary N) is 1. The monoisotopic (exact) mass is 271 g/mol. The highest BCUT2D eigenvalue weighted by Gasteiger charge is 2.03. The van der Waals surface area contributed by atoms with Crippen LogP contribution in [0.4, 0.5) is 5.69 Å². The van der Waals surface area contributed by atoms with Crippen molar-refractivity contribution < 1.29 is 4.74 Å². The molecule has 0 spiro atoms. The zero-order valence-corrected chi connectivity index (χ0v) is 12.0. The van der Waals surface area contributed by atoms with Crippen LogP contribution in [-0.4, -0.2) is 18.6 Å². The molecule has 20 heavy (non-hydrogen) atoms. The molecule has 0 atom stereocenters. The van der Waals surface area contributed by atoms with Crippen molar-refractivity contribution in [3.05, 3.63) is 53.3 Å². The summed E-state index contributed by atoms with van der Waals surface area (Å²) in [6.45, 7) is 3.40. The highest BCUT2D eigenvalue weighted by atomic mass is 16.5. The Morgan fingerprint density at radius 1 is 1.20 bits per heavy atom. The van der Waals surface area contributed by atoms with Crippen LogP contribution in [0.2, 0.25) is 0 Å². The summed E-state index contributed by atoms with van der Waals surface area (Å²) in [5, 5.41) is 3.38. The predicted molar refractivity (Wildman–Crippen MR) is 82.1 cm³/mol. The Morgan fingerprint density at radius 3 is 2.55 bits per heavy atom. The number of nitrogens with two attached hydrogens (primary N) is 1. The number of nitrogens with zero attached hydrogens (tertiary/aromatic N) is 1. The number of pyridine rings is 1. The van der Waals surface area contributed by atoms with Crippen LogP contribution in [-0.2, 0) is 13.0 Å². The second-order valence-corrected chi connectivity index (χ2v) is 4.73. The van der Waals surface area contributed by atoms with Gasteiger partial charge < -0.3 is 15.8 Å². The quantitative estimate of drug-likeness (QED) is 0.847. The fourth-order valence-electron chi connectivity index (χ4n) is 2.04. The van der Waals surface area contributed by atoms with Gasteiger partial charge in [-0.05, 0) is 37.1 Å². The van der Waals surface area contributed by atoms with Crippen molar-refractivity contribution in [3.63, 3.8) is 0 Å². The van der Waals surface area contributed by atoms with E-state index in [0.29, 0.717) is 6.54 Å². The minimum absolute atomic E-state index is 0.686. The Hall–Kier alpha value is -2.07. The van der Waals surface area contributed by atoms with Crippen LogP contribution in [0.15, 0.2) is 36.5 Å². The van der Waals surface area contributed by atoms with Crippen LogP contribution in [0.25, 0.3) is 0 Å². The Morgan fingerprint density at radius 2 is 1.90 bits per heavy atom. The molecule has 0 aliphatic heterocycles. The fourth-order valence-corrected chi connectivity index (χ4v) is 2.04. The van der Waals surface area contributed by atoms with Gasteiger partial charge in [-0.1, -0.05) is 24.3 Å². The van der Waals surface area contributed by atoms with Crippen LogP contribution >= 0.6 is 0 Å². The molecular formula is C16H21N3O. The van der Waals surface area contributed by atoms with Crippen molar-refractivity contribution >= 4 is 5.69 Å². The van der Waals surface area contributed by atoms with Gasteiger partial charge in [0.25, 0.3) is 0 Å². The maximum Gasteiger partial charge on any atom is 0.160 e. The lowest BCUT2D eigenvalue weighted by Crippen LogP contribution is -2.04. The zero-order chi connectivity index (χ0) is 14.4. The van der Waals surface area contributed by atoms with Crippen molar-refractivity contribution in [1.29, 1.82) is 0 Å². The fraction of sp³-hybridized carbons (Fsp3) is 0.312. The topological polar surface area (TPSA) is 60.2 Å². The van der Waals surface area contributed by atoms with Gasteiger partial charge in [-0.25, -0.2) is 0 Å². The Kier molecular flexibility index (Phi) is 4.96. The van der Waals surface area contributed by atoms with Gasteiger partial charge in [0.1, 0.15) is 0 Å². The standard InChI is InChI=1S/C16H21N3O/c1-12-9-15(16(20-2)11-18-12)19-10-14-5-3-13(4-6-14)7-8-17/h3-6,9,11H,7-8,10,17H2,1-2H3,(H,18,19). The third kappa shape index (κ3) is 3.71. The van der Waals surface area contributed by atoms with Gasteiger partial charge in [0, 0.05) is 12.2 Å². The van der Waals surface area contributed by atoms with Gasteiger partial charge in [0.05, 0.1) is 19.0 Å². The summed E-state index contributed by atoms with van der Waals surface area (Å²) in [7, 11) is 1.65. The molecule has 2 aromatic rings. The van der Waals surface area contributed by atoms with Gasteiger partial charge >= 0.3 is 0 Å². The van der Waals surface area contributed by atoms with Crippen LogP contribution in [0.3, 0.4) is 0 Å². The molecule has 1 heterocycles. The number of methoxy groups -OCH3 is 1. The molecule has 3 N–H and O–H groups in total. The van der Waals surface area contributed by atoms with E-state index in [1.54, 1.807) is 13.3 Å². The molecule has 0 saturated heterocycles. The maximum atomic E-state index is 5.55. The predicted octanol–water partition coefficient (Wildman–Crippen LogP) is 2.51. The Labute approximate surface area is 120 Å². The molecule has 2 rings (SSSR count). The molecule has 4 nitrogen and oxygen atoms in total. The van der Waals surface area contributed by atoms with Crippen molar-refractivity contribution in [1.82, 2.24) is 4.98 Å². The van der Waals surface area contributed by atoms with Crippen LogP contribution in [0, 0.1) is 6.92 Å². The first-order valence-electron chi connectivity index (χ1n) is 6.75. The molecule has 0 radical (unpaired) electrons. The van der Waals surface area contributed by atoms with Gasteiger partial charge in [-0.3, -0.25) is 4.98 Å². The summed E-state index contributed by atoms with van der Waals surface area (Å²) < 4.78 is 5.30. The van der Waals surface area contributed by atoms with E-state index >= 15 is 0 Å². The van der Waals surface area contributed by atoms with E-state index in [0.717, 1.165) is 30.1 Å². The SMILES string of the molecule is COc1cnc(C)cc1NCc1ccc(CCN)cc1. The van der Waals surface area contributed by atoms with E-state index in [1.807, 2.05) is 13.0 Å². The van der Waals surface area contributed by atoms with Crippen LogP contribution in [0.1, 0.15) is 16.8 Å². The summed E-state index contributed by atoms with van der Waals surface area (Å²) in [5.74, 6) is 0.760. The van der Waals surface area contributed by atoms with Gasteiger partial charge in [0.15, 0.2) is 5.75 Å². The number of hydrogen-bond donors (Lipinski definition) is 2. The van der Waals surface area contributed by atoms with Crippen molar-refractivity contribution in [2.45, 2.75) is 19.9 Å². The molecule has 1 aromatic carbocycles. The number of ether oxygens (including phenoxy) is 1. The second-order valence-electron chi connectivity index (χ2n) is 4.73. The van der Waals surface area contributed by atoms with E-state index in [2.05, 4.69) is 34.6 Å². The molecule has 0 aliphatic carbocycles. The molecule has 1 aromatic heterocycles.